The predicted molar refractivity (Wildman–Crippen MR) is 71.3 cm³/mol. The molecule has 0 aliphatic heterocycles. The minimum Gasteiger partial charge on any atom is -0.330 e. The Kier molecular flexibility index (Phi) is 6.44. The molecule has 0 amide bonds. The summed E-state index contributed by atoms with van der Waals surface area (Å²) < 4.78 is 25.8. The van der Waals surface area contributed by atoms with Gasteiger partial charge in [0.15, 0.2) is 0 Å². The smallest absolute Gasteiger partial charge is 0.214 e. The van der Waals surface area contributed by atoms with Crippen LogP contribution in [0.3, 0.4) is 0 Å². The van der Waals surface area contributed by atoms with E-state index in [2.05, 4.69) is 0 Å². The lowest BCUT2D eigenvalue weighted by molar-refractivity contribution is 0.335. The summed E-state index contributed by atoms with van der Waals surface area (Å²) in [7, 11) is -1.33. The molecule has 1 fully saturated rings. The van der Waals surface area contributed by atoms with E-state index in [1.165, 1.54) is 12.8 Å². The summed E-state index contributed by atoms with van der Waals surface area (Å²) in [5.74, 6) is 0.247. The van der Waals surface area contributed by atoms with E-state index < -0.39 is 10.0 Å². The molecule has 0 unspecified atom stereocenters. The van der Waals surface area contributed by atoms with E-state index in [4.69, 9.17) is 5.73 Å². The maximum absolute atomic E-state index is 12.1. The Hall–Kier alpha value is -0.130. The summed E-state index contributed by atoms with van der Waals surface area (Å²) in [5, 5.41) is 0. The minimum atomic E-state index is -3.07. The van der Waals surface area contributed by atoms with Crippen molar-refractivity contribution in [3.05, 3.63) is 0 Å². The van der Waals surface area contributed by atoms with E-state index in [-0.39, 0.29) is 11.8 Å². The van der Waals surface area contributed by atoms with Crippen LogP contribution in [0.15, 0.2) is 0 Å². The molecule has 0 aromatic rings. The SMILES string of the molecule is CN(C1CCCCCC1)S(=O)(=O)CCCCN. The van der Waals surface area contributed by atoms with Crippen LogP contribution in [0.5, 0.6) is 0 Å². The molecule has 0 aromatic carbocycles. The van der Waals surface area contributed by atoms with Crippen LogP contribution in [0.1, 0.15) is 51.4 Å². The molecular formula is C12H26N2O2S. The third-order valence-electron chi connectivity index (χ3n) is 3.63. The van der Waals surface area contributed by atoms with Crippen LogP contribution in [0.2, 0.25) is 0 Å². The largest absolute Gasteiger partial charge is 0.330 e. The topological polar surface area (TPSA) is 63.4 Å². The van der Waals surface area contributed by atoms with Gasteiger partial charge < -0.3 is 5.73 Å². The van der Waals surface area contributed by atoms with Gasteiger partial charge >= 0.3 is 0 Å². The minimum absolute atomic E-state index is 0.223. The van der Waals surface area contributed by atoms with Gasteiger partial charge in [-0.2, -0.15) is 0 Å². The number of nitrogens with two attached hydrogens (primary N) is 1. The van der Waals surface area contributed by atoms with Crippen molar-refractivity contribution in [2.45, 2.75) is 57.4 Å². The third-order valence-corrected chi connectivity index (χ3v) is 5.61. The van der Waals surface area contributed by atoms with Crippen LogP contribution in [0, 0.1) is 0 Å². The number of hydrogen-bond donors (Lipinski definition) is 1. The summed E-state index contributed by atoms with van der Waals surface area (Å²) in [4.78, 5) is 0. The van der Waals surface area contributed by atoms with Crippen molar-refractivity contribution in [3.8, 4) is 0 Å². The molecular weight excluding hydrogens is 236 g/mol. The fraction of sp³-hybridized carbons (Fsp3) is 1.00. The first-order chi connectivity index (χ1) is 8.08. The second-order valence-electron chi connectivity index (χ2n) is 4.97. The van der Waals surface area contributed by atoms with E-state index in [1.54, 1.807) is 11.4 Å². The van der Waals surface area contributed by atoms with Gasteiger partial charge in [0.05, 0.1) is 5.75 Å². The highest BCUT2D eigenvalue weighted by atomic mass is 32.2. The van der Waals surface area contributed by atoms with E-state index in [0.29, 0.717) is 13.0 Å². The Morgan fingerprint density at radius 1 is 1.12 bits per heavy atom. The van der Waals surface area contributed by atoms with E-state index in [9.17, 15) is 8.42 Å². The Labute approximate surface area is 106 Å². The van der Waals surface area contributed by atoms with Crippen molar-refractivity contribution in [2.24, 2.45) is 5.73 Å². The Balaban J connectivity index is 2.50. The first kappa shape index (κ1) is 14.9. The molecule has 5 heteroatoms. The van der Waals surface area contributed by atoms with Gasteiger partial charge in [-0.1, -0.05) is 25.7 Å². The number of nitrogens with zero attached hydrogens (tertiary/aromatic N) is 1. The van der Waals surface area contributed by atoms with Crippen LogP contribution in [0.4, 0.5) is 0 Å². The molecule has 0 bridgehead atoms. The van der Waals surface area contributed by atoms with Crippen molar-refractivity contribution < 1.29 is 8.42 Å². The highest BCUT2D eigenvalue weighted by Crippen LogP contribution is 2.23. The first-order valence-electron chi connectivity index (χ1n) is 6.73. The fourth-order valence-electron chi connectivity index (χ4n) is 2.42. The van der Waals surface area contributed by atoms with Crippen molar-refractivity contribution in [2.75, 3.05) is 19.3 Å². The Morgan fingerprint density at radius 3 is 2.24 bits per heavy atom. The van der Waals surface area contributed by atoms with Gasteiger partial charge in [0, 0.05) is 13.1 Å². The Morgan fingerprint density at radius 2 is 1.71 bits per heavy atom. The average molecular weight is 262 g/mol. The quantitative estimate of drug-likeness (QED) is 0.585. The normalized spacial score (nSPS) is 19.5. The molecule has 0 spiro atoms. The molecule has 0 aromatic heterocycles. The molecule has 0 heterocycles. The average Bonchev–Trinajstić information content (AvgIpc) is 2.56. The molecule has 1 aliphatic carbocycles. The number of sulfonamides is 1. The zero-order chi connectivity index (χ0) is 12.7. The van der Waals surface area contributed by atoms with Gasteiger partial charge in [0.25, 0.3) is 0 Å². The molecule has 0 radical (unpaired) electrons. The zero-order valence-corrected chi connectivity index (χ0v) is 11.7. The lowest BCUT2D eigenvalue weighted by Gasteiger charge is -2.26. The maximum Gasteiger partial charge on any atom is 0.214 e. The highest BCUT2D eigenvalue weighted by Gasteiger charge is 2.26. The molecule has 0 saturated heterocycles. The molecule has 0 atom stereocenters. The number of hydrogen-bond acceptors (Lipinski definition) is 3. The first-order valence-corrected chi connectivity index (χ1v) is 8.34. The van der Waals surface area contributed by atoms with Gasteiger partial charge in [-0.05, 0) is 32.2 Å². The number of rotatable bonds is 6. The predicted octanol–water partition coefficient (Wildman–Crippen LogP) is 1.71. The second-order valence-corrected chi connectivity index (χ2v) is 7.12. The molecule has 102 valence electrons. The second kappa shape index (κ2) is 7.34. The standard InChI is InChI=1S/C12H26N2O2S/c1-14(12-8-4-2-3-5-9-12)17(15,16)11-7-6-10-13/h12H,2-11,13H2,1H3. The van der Waals surface area contributed by atoms with Crippen molar-refractivity contribution in [1.29, 1.82) is 0 Å². The summed E-state index contributed by atoms with van der Waals surface area (Å²) in [6, 6.07) is 0.223. The molecule has 4 nitrogen and oxygen atoms in total. The van der Waals surface area contributed by atoms with Gasteiger partial charge in [-0.15, -0.1) is 0 Å². The van der Waals surface area contributed by atoms with Crippen LogP contribution in [-0.4, -0.2) is 38.1 Å². The van der Waals surface area contributed by atoms with Crippen LogP contribution in [-0.2, 0) is 10.0 Å². The van der Waals surface area contributed by atoms with Gasteiger partial charge in [-0.25, -0.2) is 12.7 Å². The third kappa shape index (κ3) is 4.94. The fourth-order valence-corrected chi connectivity index (χ4v) is 3.94. The molecule has 1 saturated carbocycles. The number of unbranched alkanes of at least 4 members (excludes halogenated alkanes) is 1. The van der Waals surface area contributed by atoms with Crippen LogP contribution < -0.4 is 5.73 Å². The lowest BCUT2D eigenvalue weighted by Crippen LogP contribution is -2.38. The summed E-state index contributed by atoms with van der Waals surface area (Å²) in [5.41, 5.74) is 5.39. The van der Waals surface area contributed by atoms with Crippen molar-refractivity contribution >= 4 is 10.0 Å². The van der Waals surface area contributed by atoms with Gasteiger partial charge in [0.1, 0.15) is 0 Å². The van der Waals surface area contributed by atoms with Crippen LogP contribution in [0.25, 0.3) is 0 Å². The van der Waals surface area contributed by atoms with Gasteiger partial charge in [-0.3, -0.25) is 0 Å². The van der Waals surface area contributed by atoms with Crippen LogP contribution >= 0.6 is 0 Å². The van der Waals surface area contributed by atoms with Gasteiger partial charge in [0.2, 0.25) is 10.0 Å². The summed E-state index contributed by atoms with van der Waals surface area (Å²) >= 11 is 0. The van der Waals surface area contributed by atoms with Crippen molar-refractivity contribution in [1.82, 2.24) is 4.31 Å². The lowest BCUT2D eigenvalue weighted by atomic mass is 10.1. The molecule has 1 rings (SSSR count). The van der Waals surface area contributed by atoms with Crippen molar-refractivity contribution in [3.63, 3.8) is 0 Å². The highest BCUT2D eigenvalue weighted by molar-refractivity contribution is 7.89. The Bertz CT molecular complexity index is 296. The molecule has 17 heavy (non-hydrogen) atoms. The monoisotopic (exact) mass is 262 g/mol. The van der Waals surface area contributed by atoms with E-state index in [1.807, 2.05) is 0 Å². The summed E-state index contributed by atoms with van der Waals surface area (Å²) in [6.45, 7) is 0.572. The van der Waals surface area contributed by atoms with E-state index >= 15 is 0 Å². The maximum atomic E-state index is 12.1. The molecule has 1 aliphatic rings. The van der Waals surface area contributed by atoms with E-state index in [0.717, 1.165) is 32.1 Å². The molecule has 2 N–H and O–H groups in total. The summed E-state index contributed by atoms with van der Waals surface area (Å²) in [6.07, 6.45) is 8.32. The zero-order valence-electron chi connectivity index (χ0n) is 10.9.